The largest absolute Gasteiger partial charge is 0.351 e. The average Bonchev–Trinajstić information content (AvgIpc) is 3.20. The Morgan fingerprint density at radius 1 is 1.35 bits per heavy atom. The number of aromatic nitrogens is 2. The molecule has 0 saturated carbocycles. The molecule has 0 aliphatic heterocycles. The lowest BCUT2D eigenvalue weighted by Crippen LogP contribution is -2.24. The summed E-state index contributed by atoms with van der Waals surface area (Å²) in [5.74, 6) is 0.692. The van der Waals surface area contributed by atoms with E-state index in [4.69, 9.17) is 4.98 Å². The van der Waals surface area contributed by atoms with Crippen LogP contribution >= 0.6 is 22.7 Å². The van der Waals surface area contributed by atoms with E-state index in [1.807, 2.05) is 13.0 Å². The summed E-state index contributed by atoms with van der Waals surface area (Å²) in [5, 5.41) is 6.28. The van der Waals surface area contributed by atoms with Crippen LogP contribution in [0.3, 0.4) is 0 Å². The van der Waals surface area contributed by atoms with Crippen molar-refractivity contribution in [2.75, 3.05) is 5.32 Å². The van der Waals surface area contributed by atoms with Gasteiger partial charge in [-0.25, -0.2) is 4.98 Å². The zero-order valence-electron chi connectivity index (χ0n) is 13.1. The maximum Gasteiger partial charge on any atom is 0.263 e. The molecule has 3 heterocycles. The Labute approximate surface area is 142 Å². The molecule has 0 amide bonds. The van der Waals surface area contributed by atoms with E-state index in [0.29, 0.717) is 19.0 Å². The van der Waals surface area contributed by atoms with Gasteiger partial charge in [0.1, 0.15) is 4.83 Å². The molecule has 3 aromatic rings. The van der Waals surface area contributed by atoms with Gasteiger partial charge in [0.25, 0.3) is 5.56 Å². The van der Waals surface area contributed by atoms with Crippen LogP contribution in [0.15, 0.2) is 22.3 Å². The molecule has 4 nitrogen and oxygen atoms in total. The highest BCUT2D eigenvalue weighted by molar-refractivity contribution is 7.18. The molecule has 120 valence electrons. The van der Waals surface area contributed by atoms with Crippen LogP contribution in [0.25, 0.3) is 10.2 Å². The maximum atomic E-state index is 13.0. The molecule has 0 unspecified atom stereocenters. The van der Waals surface area contributed by atoms with E-state index in [-0.39, 0.29) is 5.56 Å². The number of aryl methyl sites for hydroxylation is 2. The van der Waals surface area contributed by atoms with Gasteiger partial charge in [0.2, 0.25) is 5.95 Å². The van der Waals surface area contributed by atoms with Crippen molar-refractivity contribution in [3.63, 3.8) is 0 Å². The first-order chi connectivity index (χ1) is 11.3. The molecule has 0 radical (unpaired) electrons. The molecule has 0 fully saturated rings. The van der Waals surface area contributed by atoms with E-state index in [9.17, 15) is 4.79 Å². The highest BCUT2D eigenvalue weighted by Gasteiger charge is 2.21. The van der Waals surface area contributed by atoms with Crippen molar-refractivity contribution in [1.82, 2.24) is 9.55 Å². The van der Waals surface area contributed by atoms with Gasteiger partial charge in [-0.15, -0.1) is 22.7 Å². The summed E-state index contributed by atoms with van der Waals surface area (Å²) in [4.78, 5) is 21.3. The van der Waals surface area contributed by atoms with E-state index in [1.54, 1.807) is 27.2 Å². The number of anilines is 1. The minimum Gasteiger partial charge on any atom is -0.351 e. The van der Waals surface area contributed by atoms with Crippen molar-refractivity contribution in [2.45, 2.75) is 45.7 Å². The third-order valence-corrected chi connectivity index (χ3v) is 6.45. The van der Waals surface area contributed by atoms with Crippen LogP contribution in [0.4, 0.5) is 5.95 Å². The number of thiophene rings is 2. The highest BCUT2D eigenvalue weighted by atomic mass is 32.1. The minimum atomic E-state index is 0.116. The van der Waals surface area contributed by atoms with Crippen LogP contribution in [0.2, 0.25) is 0 Å². The lowest BCUT2D eigenvalue weighted by atomic mass is 9.97. The number of rotatable bonds is 4. The van der Waals surface area contributed by atoms with Crippen LogP contribution < -0.4 is 10.9 Å². The predicted molar refractivity (Wildman–Crippen MR) is 97.8 cm³/mol. The summed E-state index contributed by atoms with van der Waals surface area (Å²) >= 11 is 3.42. The van der Waals surface area contributed by atoms with Gasteiger partial charge in [-0.05, 0) is 49.6 Å². The lowest BCUT2D eigenvalue weighted by Gasteiger charge is -2.13. The Hall–Kier alpha value is -1.66. The fourth-order valence-corrected chi connectivity index (χ4v) is 5.14. The minimum absolute atomic E-state index is 0.116. The van der Waals surface area contributed by atoms with Gasteiger partial charge in [0, 0.05) is 16.3 Å². The monoisotopic (exact) mass is 345 g/mol. The number of nitrogens with zero attached hydrogens (tertiary/aromatic N) is 2. The lowest BCUT2D eigenvalue weighted by molar-refractivity contribution is 0.695. The zero-order valence-corrected chi connectivity index (χ0v) is 14.7. The van der Waals surface area contributed by atoms with Gasteiger partial charge >= 0.3 is 0 Å². The second kappa shape index (κ2) is 6.09. The van der Waals surface area contributed by atoms with Crippen molar-refractivity contribution in [3.8, 4) is 0 Å². The maximum absolute atomic E-state index is 13.0. The average molecular weight is 345 g/mol. The standard InChI is InChI=1S/C17H19N3OS2/c1-2-20-16(21)14-12-7-3-4-8-13(12)23-15(14)19-17(20)18-10-11-6-5-9-22-11/h5-6,9H,2-4,7-8,10H2,1H3,(H,18,19). The third kappa shape index (κ3) is 2.60. The zero-order chi connectivity index (χ0) is 15.8. The molecule has 0 aromatic carbocycles. The molecule has 3 aromatic heterocycles. The topological polar surface area (TPSA) is 46.9 Å². The Bertz CT molecular complexity index is 893. The molecule has 1 aliphatic carbocycles. The Balaban J connectivity index is 1.80. The van der Waals surface area contributed by atoms with Gasteiger partial charge in [0.05, 0.1) is 11.9 Å². The van der Waals surface area contributed by atoms with Gasteiger partial charge in [-0.1, -0.05) is 6.07 Å². The van der Waals surface area contributed by atoms with E-state index in [0.717, 1.165) is 23.1 Å². The summed E-state index contributed by atoms with van der Waals surface area (Å²) in [7, 11) is 0. The molecule has 0 bridgehead atoms. The summed E-state index contributed by atoms with van der Waals surface area (Å²) in [6.45, 7) is 3.35. The van der Waals surface area contributed by atoms with Crippen molar-refractivity contribution >= 4 is 38.8 Å². The number of nitrogens with one attached hydrogen (secondary N) is 1. The van der Waals surface area contributed by atoms with Crippen LogP contribution in [0.1, 0.15) is 35.1 Å². The van der Waals surface area contributed by atoms with Crippen molar-refractivity contribution in [1.29, 1.82) is 0 Å². The van der Waals surface area contributed by atoms with Crippen LogP contribution in [0, 0.1) is 0 Å². The first kappa shape index (κ1) is 14.9. The molecule has 0 atom stereocenters. The highest BCUT2D eigenvalue weighted by Crippen LogP contribution is 2.34. The van der Waals surface area contributed by atoms with Gasteiger partial charge < -0.3 is 5.32 Å². The molecule has 1 N–H and O–H groups in total. The molecule has 6 heteroatoms. The number of hydrogen-bond donors (Lipinski definition) is 1. The van der Waals surface area contributed by atoms with E-state index in [1.165, 1.54) is 28.2 Å². The second-order valence-corrected chi connectivity index (χ2v) is 7.92. The Morgan fingerprint density at radius 3 is 3.00 bits per heavy atom. The van der Waals surface area contributed by atoms with E-state index >= 15 is 0 Å². The van der Waals surface area contributed by atoms with Crippen molar-refractivity contribution in [2.24, 2.45) is 0 Å². The normalized spacial score (nSPS) is 14.1. The number of hydrogen-bond acceptors (Lipinski definition) is 5. The Morgan fingerprint density at radius 2 is 2.22 bits per heavy atom. The molecule has 0 spiro atoms. The summed E-state index contributed by atoms with van der Waals surface area (Å²) in [5.41, 5.74) is 1.38. The second-order valence-electron chi connectivity index (χ2n) is 5.81. The third-order valence-electron chi connectivity index (χ3n) is 4.39. The fraction of sp³-hybridized carbons (Fsp3) is 0.412. The van der Waals surface area contributed by atoms with Crippen LogP contribution in [0.5, 0.6) is 0 Å². The molecular weight excluding hydrogens is 326 g/mol. The van der Waals surface area contributed by atoms with Gasteiger partial charge in [-0.3, -0.25) is 9.36 Å². The summed E-state index contributed by atoms with van der Waals surface area (Å²) in [6, 6.07) is 4.13. The first-order valence-corrected chi connectivity index (χ1v) is 9.79. The smallest absolute Gasteiger partial charge is 0.263 e. The predicted octanol–water partition coefficient (Wildman–Crippen LogP) is 4.03. The molecular formula is C17H19N3OS2. The first-order valence-electron chi connectivity index (χ1n) is 8.09. The van der Waals surface area contributed by atoms with Crippen molar-refractivity contribution < 1.29 is 0 Å². The van der Waals surface area contributed by atoms with Gasteiger partial charge in [0.15, 0.2) is 0 Å². The van der Waals surface area contributed by atoms with Crippen LogP contribution in [-0.4, -0.2) is 9.55 Å². The summed E-state index contributed by atoms with van der Waals surface area (Å²) in [6.07, 6.45) is 4.53. The van der Waals surface area contributed by atoms with E-state index < -0.39 is 0 Å². The molecule has 23 heavy (non-hydrogen) atoms. The molecule has 0 saturated heterocycles. The molecule has 1 aliphatic rings. The van der Waals surface area contributed by atoms with Crippen molar-refractivity contribution in [3.05, 3.63) is 43.2 Å². The fourth-order valence-electron chi connectivity index (χ4n) is 3.25. The SMILES string of the molecule is CCn1c(NCc2cccs2)nc2sc3c(c2c1=O)CCCC3. The number of fused-ring (bicyclic) bond motifs is 3. The van der Waals surface area contributed by atoms with Crippen LogP contribution in [-0.2, 0) is 25.9 Å². The van der Waals surface area contributed by atoms with Gasteiger partial charge in [-0.2, -0.15) is 0 Å². The quantitative estimate of drug-likeness (QED) is 0.776. The Kier molecular flexibility index (Phi) is 3.95. The molecule has 4 rings (SSSR count). The van der Waals surface area contributed by atoms with E-state index in [2.05, 4.69) is 16.8 Å². The summed E-state index contributed by atoms with van der Waals surface area (Å²) < 4.78 is 1.78.